The monoisotopic (exact) mass is 438 g/mol. The van der Waals surface area contributed by atoms with E-state index in [1.54, 1.807) is 41.6 Å². The molecule has 0 spiro atoms. The second kappa shape index (κ2) is 8.11. The molecule has 0 radical (unpaired) electrons. The molecular formula is C22H23ClN6O2. The van der Waals surface area contributed by atoms with E-state index in [2.05, 4.69) is 20.4 Å². The highest BCUT2D eigenvalue weighted by Gasteiger charge is 2.36. The SMILES string of the molecule is CC(C)(C)c1cc(NC(=O)C2CC(=O)N(c3cccc(Cl)c3)C2)n(-c2ncccn2)n1. The topological polar surface area (TPSA) is 93.0 Å². The summed E-state index contributed by atoms with van der Waals surface area (Å²) in [5.74, 6) is -0.0381. The molecule has 31 heavy (non-hydrogen) atoms. The van der Waals surface area contributed by atoms with Crippen molar-refractivity contribution >= 4 is 34.9 Å². The molecule has 1 atom stereocenters. The van der Waals surface area contributed by atoms with E-state index in [-0.39, 0.29) is 30.2 Å². The van der Waals surface area contributed by atoms with Gasteiger partial charge in [0.2, 0.25) is 11.8 Å². The van der Waals surface area contributed by atoms with Crippen molar-refractivity contribution in [1.82, 2.24) is 19.7 Å². The maximum atomic E-state index is 13.0. The number of aromatic nitrogens is 4. The van der Waals surface area contributed by atoms with Crippen molar-refractivity contribution in [2.45, 2.75) is 32.6 Å². The van der Waals surface area contributed by atoms with Gasteiger partial charge in [-0.05, 0) is 24.3 Å². The van der Waals surface area contributed by atoms with Crippen LogP contribution < -0.4 is 10.2 Å². The molecule has 2 amide bonds. The fourth-order valence-electron chi connectivity index (χ4n) is 3.39. The molecule has 0 bridgehead atoms. The number of hydrogen-bond acceptors (Lipinski definition) is 5. The highest BCUT2D eigenvalue weighted by molar-refractivity contribution is 6.31. The number of carbonyl (C=O) groups excluding carboxylic acids is 2. The Morgan fingerprint density at radius 2 is 1.90 bits per heavy atom. The maximum Gasteiger partial charge on any atom is 0.252 e. The summed E-state index contributed by atoms with van der Waals surface area (Å²) in [6.45, 7) is 6.40. The number of hydrogen-bond donors (Lipinski definition) is 1. The van der Waals surface area contributed by atoms with E-state index in [4.69, 9.17) is 11.6 Å². The summed E-state index contributed by atoms with van der Waals surface area (Å²) in [6, 6.07) is 10.6. The molecule has 3 aromatic rings. The van der Waals surface area contributed by atoms with E-state index in [1.807, 2.05) is 32.9 Å². The van der Waals surface area contributed by atoms with Gasteiger partial charge in [0.25, 0.3) is 5.95 Å². The number of anilines is 2. The van der Waals surface area contributed by atoms with Gasteiger partial charge in [-0.25, -0.2) is 9.97 Å². The second-order valence-electron chi connectivity index (χ2n) is 8.50. The normalized spacial score (nSPS) is 16.6. The third-order valence-electron chi connectivity index (χ3n) is 5.09. The Morgan fingerprint density at radius 3 is 2.58 bits per heavy atom. The molecule has 1 N–H and O–H groups in total. The summed E-state index contributed by atoms with van der Waals surface area (Å²) < 4.78 is 1.52. The lowest BCUT2D eigenvalue weighted by Crippen LogP contribution is -2.28. The number of amides is 2. The van der Waals surface area contributed by atoms with Gasteiger partial charge in [0.1, 0.15) is 5.82 Å². The van der Waals surface area contributed by atoms with E-state index in [0.717, 1.165) is 5.69 Å². The van der Waals surface area contributed by atoms with Crippen molar-refractivity contribution in [1.29, 1.82) is 0 Å². The van der Waals surface area contributed by atoms with Gasteiger partial charge >= 0.3 is 0 Å². The predicted octanol–water partition coefficient (Wildman–Crippen LogP) is 3.60. The van der Waals surface area contributed by atoms with E-state index >= 15 is 0 Å². The zero-order chi connectivity index (χ0) is 22.2. The number of carbonyl (C=O) groups is 2. The van der Waals surface area contributed by atoms with Crippen LogP contribution in [-0.2, 0) is 15.0 Å². The molecule has 1 saturated heterocycles. The third kappa shape index (κ3) is 4.44. The van der Waals surface area contributed by atoms with Crippen LogP contribution in [0, 0.1) is 5.92 Å². The van der Waals surface area contributed by atoms with E-state index in [9.17, 15) is 9.59 Å². The Kier molecular flexibility index (Phi) is 5.49. The molecule has 0 saturated carbocycles. The maximum absolute atomic E-state index is 13.0. The van der Waals surface area contributed by atoms with Gasteiger partial charge in [0.15, 0.2) is 0 Å². The summed E-state index contributed by atoms with van der Waals surface area (Å²) >= 11 is 6.05. The predicted molar refractivity (Wildman–Crippen MR) is 118 cm³/mol. The second-order valence-corrected chi connectivity index (χ2v) is 8.94. The fourth-order valence-corrected chi connectivity index (χ4v) is 3.58. The summed E-state index contributed by atoms with van der Waals surface area (Å²) in [5.41, 5.74) is 1.25. The first-order valence-corrected chi connectivity index (χ1v) is 10.3. The van der Waals surface area contributed by atoms with Crippen molar-refractivity contribution in [3.05, 3.63) is 59.5 Å². The van der Waals surface area contributed by atoms with Crippen LogP contribution >= 0.6 is 11.6 Å². The van der Waals surface area contributed by atoms with Gasteiger partial charge in [-0.2, -0.15) is 9.78 Å². The van der Waals surface area contributed by atoms with E-state index in [0.29, 0.717) is 22.5 Å². The first-order valence-electron chi connectivity index (χ1n) is 9.97. The Labute approximate surface area is 185 Å². The van der Waals surface area contributed by atoms with Crippen LogP contribution in [-0.4, -0.2) is 38.1 Å². The van der Waals surface area contributed by atoms with Crippen molar-refractivity contribution < 1.29 is 9.59 Å². The van der Waals surface area contributed by atoms with Crippen LogP contribution in [0.2, 0.25) is 5.02 Å². The Hall–Kier alpha value is -3.26. The number of nitrogens with one attached hydrogen (secondary N) is 1. The van der Waals surface area contributed by atoms with Crippen LogP contribution in [0.1, 0.15) is 32.9 Å². The lowest BCUT2D eigenvalue weighted by molar-refractivity contribution is -0.122. The largest absolute Gasteiger partial charge is 0.312 e. The summed E-state index contributed by atoms with van der Waals surface area (Å²) in [6.07, 6.45) is 3.36. The van der Waals surface area contributed by atoms with Gasteiger partial charge in [-0.15, -0.1) is 0 Å². The van der Waals surface area contributed by atoms with Crippen LogP contribution in [0.25, 0.3) is 5.95 Å². The number of halogens is 1. The van der Waals surface area contributed by atoms with Crippen molar-refractivity contribution in [3.63, 3.8) is 0 Å². The van der Waals surface area contributed by atoms with Crippen molar-refractivity contribution in [3.8, 4) is 5.95 Å². The van der Waals surface area contributed by atoms with Crippen LogP contribution in [0.3, 0.4) is 0 Å². The van der Waals surface area contributed by atoms with Gasteiger partial charge in [0, 0.05) is 47.6 Å². The molecule has 1 aromatic carbocycles. The quantitative estimate of drug-likeness (QED) is 0.671. The minimum atomic E-state index is -0.496. The van der Waals surface area contributed by atoms with Gasteiger partial charge in [-0.3, -0.25) is 9.59 Å². The molecule has 9 heteroatoms. The highest BCUT2D eigenvalue weighted by Crippen LogP contribution is 2.29. The zero-order valence-corrected chi connectivity index (χ0v) is 18.3. The van der Waals surface area contributed by atoms with Gasteiger partial charge < -0.3 is 10.2 Å². The van der Waals surface area contributed by atoms with E-state index in [1.165, 1.54) is 4.68 Å². The minimum Gasteiger partial charge on any atom is -0.312 e. The molecule has 1 aliphatic rings. The standard InChI is InChI=1S/C22H23ClN6O2/c1-22(2,3)17-12-18(29(27-17)21-24-8-5-9-25-21)26-20(31)14-10-19(30)28(13-14)16-7-4-6-15(23)11-16/h4-9,11-12,14H,10,13H2,1-3H3,(H,26,31). The summed E-state index contributed by atoms with van der Waals surface area (Å²) in [7, 11) is 0. The summed E-state index contributed by atoms with van der Waals surface area (Å²) in [4.78, 5) is 35.7. The Morgan fingerprint density at radius 1 is 1.16 bits per heavy atom. The van der Waals surface area contributed by atoms with Crippen LogP contribution in [0.5, 0.6) is 0 Å². The van der Waals surface area contributed by atoms with Gasteiger partial charge in [-0.1, -0.05) is 38.4 Å². The average molecular weight is 439 g/mol. The molecule has 3 heterocycles. The van der Waals surface area contributed by atoms with Gasteiger partial charge in [0.05, 0.1) is 11.6 Å². The molecule has 1 aliphatic heterocycles. The molecule has 0 aliphatic carbocycles. The van der Waals surface area contributed by atoms with Crippen LogP contribution in [0.15, 0.2) is 48.8 Å². The molecule has 1 fully saturated rings. The average Bonchev–Trinajstić information content (AvgIpc) is 3.32. The molecule has 8 nitrogen and oxygen atoms in total. The van der Waals surface area contributed by atoms with Crippen molar-refractivity contribution in [2.75, 3.05) is 16.8 Å². The lowest BCUT2D eigenvalue weighted by atomic mass is 9.92. The minimum absolute atomic E-state index is 0.113. The Bertz CT molecular complexity index is 1120. The lowest BCUT2D eigenvalue weighted by Gasteiger charge is -2.17. The summed E-state index contributed by atoms with van der Waals surface area (Å²) in [5, 5.41) is 8.07. The van der Waals surface area contributed by atoms with E-state index < -0.39 is 5.92 Å². The first kappa shape index (κ1) is 21.0. The first-order chi connectivity index (χ1) is 14.7. The molecule has 1 unspecified atom stereocenters. The molecule has 160 valence electrons. The number of benzene rings is 1. The molecule has 4 rings (SSSR count). The number of rotatable bonds is 4. The van der Waals surface area contributed by atoms with Crippen LogP contribution in [0.4, 0.5) is 11.5 Å². The number of nitrogens with zero attached hydrogens (tertiary/aromatic N) is 5. The highest BCUT2D eigenvalue weighted by atomic mass is 35.5. The smallest absolute Gasteiger partial charge is 0.252 e. The fraction of sp³-hybridized carbons (Fsp3) is 0.318. The van der Waals surface area contributed by atoms with Crippen molar-refractivity contribution in [2.24, 2.45) is 5.92 Å². The molecule has 2 aromatic heterocycles. The third-order valence-corrected chi connectivity index (χ3v) is 5.32. The zero-order valence-electron chi connectivity index (χ0n) is 17.5. The molecular weight excluding hydrogens is 416 g/mol. The Balaban J connectivity index is 1.57.